The maximum absolute atomic E-state index is 13.2. The Morgan fingerprint density at radius 2 is 1.79 bits per heavy atom. The summed E-state index contributed by atoms with van der Waals surface area (Å²) in [6.07, 6.45) is 4.52. The lowest BCUT2D eigenvalue weighted by Gasteiger charge is -2.20. The van der Waals surface area contributed by atoms with E-state index in [1.807, 2.05) is 31.2 Å². The Morgan fingerprint density at radius 1 is 1.03 bits per heavy atom. The molecule has 1 atom stereocenters. The molecule has 0 bridgehead atoms. The largest absolute Gasteiger partial charge is 0.308 e. The molecule has 5 nitrogen and oxygen atoms in total. The van der Waals surface area contributed by atoms with Crippen LogP contribution in [0.1, 0.15) is 48.1 Å². The summed E-state index contributed by atoms with van der Waals surface area (Å²) in [5, 5.41) is 0.591. The molecule has 0 spiro atoms. The minimum absolute atomic E-state index is 0.149. The first kappa shape index (κ1) is 23.3. The number of hydrogen-bond acceptors (Lipinski definition) is 4. The molecule has 0 saturated carbocycles. The van der Waals surface area contributed by atoms with Gasteiger partial charge in [-0.2, -0.15) is 0 Å². The van der Waals surface area contributed by atoms with Crippen molar-refractivity contribution in [1.29, 1.82) is 0 Å². The minimum atomic E-state index is -3.77. The fourth-order valence-electron chi connectivity index (χ4n) is 4.55. The van der Waals surface area contributed by atoms with Gasteiger partial charge in [0.2, 0.25) is 10.0 Å². The molecular formula is C26H25ClN2O3S2. The van der Waals surface area contributed by atoms with Crippen LogP contribution in [0.15, 0.2) is 70.4 Å². The molecule has 0 radical (unpaired) electrons. The molecule has 1 N–H and O–H groups in total. The summed E-state index contributed by atoms with van der Waals surface area (Å²) >= 11 is 7.31. The standard InChI is InChI=1S/C26H25ClN2O3S2/c1-17(19-11-10-18-6-2-3-7-20(18)14-19)28-34(31,32)22-12-13-24-25(15-22)33-26(30)29(24)16-21-8-4-5-9-23(21)27/h4-5,8-15,17,28H,2-3,6-7,16H2,1H3/t17-/m1/s1. The number of thiazole rings is 1. The quantitative estimate of drug-likeness (QED) is 0.361. The van der Waals surface area contributed by atoms with Gasteiger partial charge in [-0.3, -0.25) is 9.36 Å². The molecule has 1 aliphatic rings. The molecule has 0 saturated heterocycles. The van der Waals surface area contributed by atoms with Gasteiger partial charge in [0.1, 0.15) is 0 Å². The molecule has 8 heteroatoms. The maximum atomic E-state index is 13.2. The Balaban J connectivity index is 1.41. The van der Waals surface area contributed by atoms with Crippen LogP contribution in [-0.2, 0) is 29.4 Å². The van der Waals surface area contributed by atoms with Crippen LogP contribution in [0.5, 0.6) is 0 Å². The average Bonchev–Trinajstić information content (AvgIpc) is 3.14. The second-order valence-electron chi connectivity index (χ2n) is 8.75. The van der Waals surface area contributed by atoms with E-state index in [0.29, 0.717) is 21.8 Å². The summed E-state index contributed by atoms with van der Waals surface area (Å²) in [6.45, 7) is 2.19. The number of hydrogen-bond donors (Lipinski definition) is 1. The van der Waals surface area contributed by atoms with E-state index in [1.165, 1.54) is 24.0 Å². The van der Waals surface area contributed by atoms with E-state index in [4.69, 9.17) is 11.6 Å². The van der Waals surface area contributed by atoms with Gasteiger partial charge in [-0.15, -0.1) is 0 Å². The Labute approximate surface area is 208 Å². The van der Waals surface area contributed by atoms with Crippen LogP contribution in [0.4, 0.5) is 0 Å². The van der Waals surface area contributed by atoms with Crippen LogP contribution < -0.4 is 9.60 Å². The Kier molecular flexibility index (Phi) is 6.37. The lowest BCUT2D eigenvalue weighted by atomic mass is 9.89. The van der Waals surface area contributed by atoms with Gasteiger partial charge < -0.3 is 0 Å². The predicted octanol–water partition coefficient (Wildman–Crippen LogP) is 5.68. The van der Waals surface area contributed by atoms with Crippen molar-refractivity contribution in [2.45, 2.75) is 50.1 Å². The Bertz CT molecular complexity index is 1540. The van der Waals surface area contributed by atoms with E-state index in [0.717, 1.165) is 35.3 Å². The van der Waals surface area contributed by atoms with Gasteiger partial charge >= 0.3 is 4.87 Å². The third-order valence-corrected chi connectivity index (χ3v) is 9.29. The van der Waals surface area contributed by atoms with Crippen molar-refractivity contribution in [3.05, 3.63) is 97.6 Å². The van der Waals surface area contributed by atoms with Crippen molar-refractivity contribution in [3.8, 4) is 0 Å². The Morgan fingerprint density at radius 3 is 2.59 bits per heavy atom. The maximum Gasteiger partial charge on any atom is 0.308 e. The number of benzene rings is 3. The lowest BCUT2D eigenvalue weighted by Crippen LogP contribution is -2.27. The summed E-state index contributed by atoms with van der Waals surface area (Å²) in [5.41, 5.74) is 5.17. The molecule has 4 aromatic rings. The number of sulfonamides is 1. The number of rotatable bonds is 6. The molecule has 3 aromatic carbocycles. The zero-order chi connectivity index (χ0) is 23.9. The van der Waals surface area contributed by atoms with E-state index in [-0.39, 0.29) is 15.8 Å². The smallest absolute Gasteiger partial charge is 0.294 e. The topological polar surface area (TPSA) is 68.2 Å². The van der Waals surface area contributed by atoms with Crippen LogP contribution in [-0.4, -0.2) is 13.0 Å². The first-order valence-corrected chi connectivity index (χ1v) is 14.0. The van der Waals surface area contributed by atoms with Gasteiger partial charge in [0.05, 0.1) is 21.7 Å². The van der Waals surface area contributed by atoms with Crippen molar-refractivity contribution >= 4 is 43.2 Å². The van der Waals surface area contributed by atoms with Crippen LogP contribution in [0.2, 0.25) is 5.02 Å². The van der Waals surface area contributed by atoms with Crippen LogP contribution in [0.25, 0.3) is 10.2 Å². The number of halogens is 1. The second-order valence-corrected chi connectivity index (χ2v) is 11.9. The molecule has 0 amide bonds. The number of nitrogens with one attached hydrogen (secondary N) is 1. The van der Waals surface area contributed by atoms with E-state index in [9.17, 15) is 13.2 Å². The summed E-state index contributed by atoms with van der Waals surface area (Å²) in [6, 6.07) is 18.1. The van der Waals surface area contributed by atoms with Gasteiger partial charge in [-0.1, -0.05) is 59.3 Å². The molecule has 1 heterocycles. The van der Waals surface area contributed by atoms with E-state index in [2.05, 4.69) is 16.9 Å². The lowest BCUT2D eigenvalue weighted by molar-refractivity contribution is 0.566. The molecule has 1 aliphatic carbocycles. The number of nitrogens with zero attached hydrogens (tertiary/aromatic N) is 1. The molecule has 0 unspecified atom stereocenters. The second kappa shape index (κ2) is 9.30. The fraction of sp³-hybridized carbons (Fsp3) is 0.269. The van der Waals surface area contributed by atoms with Crippen molar-refractivity contribution in [2.24, 2.45) is 0 Å². The third kappa shape index (κ3) is 4.58. The van der Waals surface area contributed by atoms with Crippen molar-refractivity contribution in [2.75, 3.05) is 0 Å². The summed E-state index contributed by atoms with van der Waals surface area (Å²) in [4.78, 5) is 12.7. The number of aryl methyl sites for hydroxylation is 2. The first-order chi connectivity index (χ1) is 16.3. The predicted molar refractivity (Wildman–Crippen MR) is 138 cm³/mol. The fourth-order valence-corrected chi connectivity index (χ4v) is 7.01. The van der Waals surface area contributed by atoms with E-state index >= 15 is 0 Å². The third-order valence-electron chi connectivity index (χ3n) is 6.44. The van der Waals surface area contributed by atoms with Crippen LogP contribution in [0.3, 0.4) is 0 Å². The highest BCUT2D eigenvalue weighted by molar-refractivity contribution is 7.89. The minimum Gasteiger partial charge on any atom is -0.294 e. The van der Waals surface area contributed by atoms with Gasteiger partial charge in [0.15, 0.2) is 0 Å². The molecule has 0 aliphatic heterocycles. The molecule has 34 heavy (non-hydrogen) atoms. The van der Waals surface area contributed by atoms with Gasteiger partial charge in [-0.25, -0.2) is 13.1 Å². The molecule has 1 aromatic heterocycles. The molecular weight excluding hydrogens is 488 g/mol. The van der Waals surface area contributed by atoms with Crippen molar-refractivity contribution in [3.63, 3.8) is 0 Å². The molecule has 176 valence electrons. The normalized spacial score (nSPS) is 14.8. The zero-order valence-electron chi connectivity index (χ0n) is 18.8. The highest BCUT2D eigenvalue weighted by atomic mass is 35.5. The number of aromatic nitrogens is 1. The average molecular weight is 513 g/mol. The summed E-state index contributed by atoms with van der Waals surface area (Å²) in [5.74, 6) is 0. The van der Waals surface area contributed by atoms with Crippen LogP contribution in [0, 0.1) is 0 Å². The molecule has 0 fully saturated rings. The highest BCUT2D eigenvalue weighted by Gasteiger charge is 2.21. The van der Waals surface area contributed by atoms with E-state index < -0.39 is 10.0 Å². The van der Waals surface area contributed by atoms with Crippen molar-refractivity contribution < 1.29 is 8.42 Å². The van der Waals surface area contributed by atoms with Crippen molar-refractivity contribution in [1.82, 2.24) is 9.29 Å². The van der Waals surface area contributed by atoms with Crippen LogP contribution >= 0.6 is 22.9 Å². The SMILES string of the molecule is C[C@@H](NS(=O)(=O)c1ccc2c(c1)sc(=O)n2Cc1ccccc1Cl)c1ccc2c(c1)CCCC2. The summed E-state index contributed by atoms with van der Waals surface area (Å²) in [7, 11) is -3.77. The molecule has 5 rings (SSSR count). The first-order valence-electron chi connectivity index (χ1n) is 11.3. The van der Waals surface area contributed by atoms with Gasteiger partial charge in [-0.05, 0) is 79.1 Å². The Hall–Kier alpha value is -2.45. The zero-order valence-corrected chi connectivity index (χ0v) is 21.1. The van der Waals surface area contributed by atoms with E-state index in [1.54, 1.807) is 28.8 Å². The highest BCUT2D eigenvalue weighted by Crippen LogP contribution is 2.27. The van der Waals surface area contributed by atoms with Gasteiger partial charge in [0.25, 0.3) is 0 Å². The monoisotopic (exact) mass is 512 g/mol. The van der Waals surface area contributed by atoms with Gasteiger partial charge in [0, 0.05) is 11.1 Å². The summed E-state index contributed by atoms with van der Waals surface area (Å²) < 4.78 is 31.4. The number of fused-ring (bicyclic) bond motifs is 2.